The smallest absolute Gasteiger partial charge is 0.255 e. The van der Waals surface area contributed by atoms with Crippen LogP contribution in [-0.2, 0) is 17.8 Å². The van der Waals surface area contributed by atoms with E-state index in [9.17, 15) is 9.59 Å². The van der Waals surface area contributed by atoms with Gasteiger partial charge in [0, 0.05) is 36.3 Å². The summed E-state index contributed by atoms with van der Waals surface area (Å²) in [6.45, 7) is 4.37. The highest BCUT2D eigenvalue weighted by Gasteiger charge is 2.38. The van der Waals surface area contributed by atoms with E-state index in [0.29, 0.717) is 43.3 Å². The van der Waals surface area contributed by atoms with Crippen molar-refractivity contribution in [1.82, 2.24) is 15.5 Å². The van der Waals surface area contributed by atoms with Crippen molar-refractivity contribution in [2.75, 3.05) is 0 Å². The quantitative estimate of drug-likeness (QED) is 0.631. The lowest BCUT2D eigenvalue weighted by molar-refractivity contribution is -0.126. The molecule has 3 atom stereocenters. The van der Waals surface area contributed by atoms with Crippen LogP contribution in [0.2, 0.25) is 0 Å². The van der Waals surface area contributed by atoms with Crippen molar-refractivity contribution in [3.63, 3.8) is 0 Å². The van der Waals surface area contributed by atoms with Crippen LogP contribution in [-0.4, -0.2) is 34.8 Å². The second-order valence-electron chi connectivity index (χ2n) is 11.2. The number of allylic oxidation sites excluding steroid dienone is 1. The number of rotatable bonds is 6. The second-order valence-corrected chi connectivity index (χ2v) is 11.2. The Kier molecular flexibility index (Phi) is 7.24. The molecule has 3 fully saturated rings. The van der Waals surface area contributed by atoms with Crippen LogP contribution in [0.3, 0.4) is 0 Å². The standard InChI is InChI=1S/C29H38N4O2/c1-19-6-13-27(28(34)31-19)33-18-23-17-21(9-12-25(23)29(33)35)16-22-4-2-3-5-26(22)32-24-10-7-20(8-11-24)14-15-30/h9,12,17,20,22,24,26-27,32H,1-8,10-11,13-14,16,18H2,(H,31,34)/t20-,22-,24-,26+,27?/m1/s1. The summed E-state index contributed by atoms with van der Waals surface area (Å²) in [5.74, 6) is 1.07. The van der Waals surface area contributed by atoms with Crippen molar-refractivity contribution in [2.24, 2.45) is 11.8 Å². The maximum absolute atomic E-state index is 13.1. The molecule has 2 saturated carbocycles. The van der Waals surface area contributed by atoms with Crippen molar-refractivity contribution in [2.45, 2.75) is 102 Å². The summed E-state index contributed by atoms with van der Waals surface area (Å²) < 4.78 is 0. The molecule has 6 nitrogen and oxygen atoms in total. The number of nitrogens with one attached hydrogen (secondary N) is 2. The van der Waals surface area contributed by atoms with Gasteiger partial charge in [-0.05, 0) is 86.8 Å². The van der Waals surface area contributed by atoms with Gasteiger partial charge in [-0.15, -0.1) is 0 Å². The highest BCUT2D eigenvalue weighted by atomic mass is 16.2. The van der Waals surface area contributed by atoms with Gasteiger partial charge in [0.1, 0.15) is 6.04 Å². The van der Waals surface area contributed by atoms with Gasteiger partial charge in [0.05, 0.1) is 6.07 Å². The minimum atomic E-state index is -0.404. The first kappa shape index (κ1) is 24.1. The fraction of sp³-hybridized carbons (Fsp3) is 0.621. The van der Waals surface area contributed by atoms with E-state index in [-0.39, 0.29) is 11.8 Å². The predicted octanol–water partition coefficient (Wildman–Crippen LogP) is 4.60. The van der Waals surface area contributed by atoms with Crippen LogP contribution >= 0.6 is 0 Å². The zero-order chi connectivity index (χ0) is 24.4. The number of amides is 2. The topological polar surface area (TPSA) is 85.2 Å². The van der Waals surface area contributed by atoms with Gasteiger partial charge < -0.3 is 15.5 Å². The Morgan fingerprint density at radius 1 is 1.09 bits per heavy atom. The third-order valence-electron chi connectivity index (χ3n) is 8.78. The number of benzene rings is 1. The molecule has 2 aliphatic heterocycles. The molecule has 0 spiro atoms. The molecule has 0 radical (unpaired) electrons. The average molecular weight is 475 g/mol. The maximum atomic E-state index is 13.1. The molecule has 1 aromatic carbocycles. The number of hydrogen-bond acceptors (Lipinski definition) is 4. The number of piperidine rings is 1. The molecular formula is C29H38N4O2. The summed E-state index contributed by atoms with van der Waals surface area (Å²) in [6.07, 6.45) is 12.9. The van der Waals surface area contributed by atoms with E-state index >= 15 is 0 Å². The minimum Gasteiger partial charge on any atom is -0.329 e. The Morgan fingerprint density at radius 2 is 1.89 bits per heavy atom. The summed E-state index contributed by atoms with van der Waals surface area (Å²) in [6, 6.07) is 9.39. The van der Waals surface area contributed by atoms with Gasteiger partial charge in [-0.1, -0.05) is 31.6 Å². The Labute approximate surface area is 209 Å². The molecule has 2 aliphatic carbocycles. The lowest BCUT2D eigenvalue weighted by Crippen LogP contribution is -2.49. The molecule has 0 aromatic heterocycles. The van der Waals surface area contributed by atoms with Crippen LogP contribution < -0.4 is 10.6 Å². The molecule has 2 amide bonds. The van der Waals surface area contributed by atoms with Crippen LogP contribution in [0.4, 0.5) is 0 Å². The SMILES string of the molecule is C=C1CCC(N2Cc3cc(C[C@H]4CCCC[C@@H]4N[C@H]4CC[C@H](CC#N)CC4)ccc3C2=O)C(=O)N1. The fourth-order valence-corrected chi connectivity index (χ4v) is 6.77. The predicted molar refractivity (Wildman–Crippen MR) is 135 cm³/mol. The zero-order valence-electron chi connectivity index (χ0n) is 20.7. The van der Waals surface area contributed by atoms with Crippen LogP contribution in [0.1, 0.15) is 92.1 Å². The van der Waals surface area contributed by atoms with Crippen LogP contribution in [0.15, 0.2) is 30.5 Å². The summed E-state index contributed by atoms with van der Waals surface area (Å²) >= 11 is 0. The summed E-state index contributed by atoms with van der Waals surface area (Å²) in [7, 11) is 0. The highest BCUT2D eigenvalue weighted by Crippen LogP contribution is 2.33. The van der Waals surface area contributed by atoms with Gasteiger partial charge >= 0.3 is 0 Å². The Bertz CT molecular complexity index is 1020. The fourth-order valence-electron chi connectivity index (χ4n) is 6.77. The largest absolute Gasteiger partial charge is 0.329 e. The molecule has 1 unspecified atom stereocenters. The van der Waals surface area contributed by atoms with Crippen molar-refractivity contribution in [3.05, 3.63) is 47.2 Å². The molecular weight excluding hydrogens is 436 g/mol. The second kappa shape index (κ2) is 10.5. The molecule has 2 N–H and O–H groups in total. The third kappa shape index (κ3) is 5.30. The molecule has 1 aromatic rings. The Balaban J connectivity index is 1.21. The normalized spacial score (nSPS) is 31.1. The monoisotopic (exact) mass is 474 g/mol. The summed E-state index contributed by atoms with van der Waals surface area (Å²) in [5.41, 5.74) is 3.85. The molecule has 2 heterocycles. The number of nitriles is 1. The van der Waals surface area contributed by atoms with Gasteiger partial charge in [0.2, 0.25) is 5.91 Å². The number of nitrogens with zero attached hydrogens (tertiary/aromatic N) is 2. The Morgan fingerprint density at radius 3 is 2.66 bits per heavy atom. The van der Waals surface area contributed by atoms with Crippen molar-refractivity contribution < 1.29 is 9.59 Å². The van der Waals surface area contributed by atoms with E-state index in [0.717, 1.165) is 29.7 Å². The number of hydrogen-bond donors (Lipinski definition) is 2. The molecule has 186 valence electrons. The zero-order valence-corrected chi connectivity index (χ0v) is 20.7. The lowest BCUT2D eigenvalue weighted by Gasteiger charge is -2.37. The average Bonchev–Trinajstić information content (AvgIpc) is 3.17. The van der Waals surface area contributed by atoms with Crippen LogP contribution in [0.5, 0.6) is 0 Å². The van der Waals surface area contributed by atoms with Crippen molar-refractivity contribution in [1.29, 1.82) is 5.26 Å². The first-order valence-electron chi connectivity index (χ1n) is 13.6. The van der Waals surface area contributed by atoms with E-state index < -0.39 is 6.04 Å². The van der Waals surface area contributed by atoms with Gasteiger partial charge in [-0.25, -0.2) is 0 Å². The number of carbonyl (C=O) groups is 2. The van der Waals surface area contributed by atoms with Crippen molar-refractivity contribution >= 4 is 11.8 Å². The van der Waals surface area contributed by atoms with Gasteiger partial charge in [-0.2, -0.15) is 5.26 Å². The van der Waals surface area contributed by atoms with E-state index in [1.165, 1.54) is 56.9 Å². The molecule has 6 heteroatoms. The van der Waals surface area contributed by atoms with E-state index in [1.54, 1.807) is 4.90 Å². The molecule has 35 heavy (non-hydrogen) atoms. The molecule has 4 aliphatic rings. The summed E-state index contributed by atoms with van der Waals surface area (Å²) in [4.78, 5) is 27.3. The van der Waals surface area contributed by atoms with Gasteiger partial charge in [0.25, 0.3) is 5.91 Å². The molecule has 0 bridgehead atoms. The summed E-state index contributed by atoms with van der Waals surface area (Å²) in [5, 5.41) is 15.8. The molecule has 1 saturated heterocycles. The number of fused-ring (bicyclic) bond motifs is 1. The van der Waals surface area contributed by atoms with E-state index in [1.807, 2.05) is 6.07 Å². The van der Waals surface area contributed by atoms with Gasteiger partial charge in [-0.3, -0.25) is 9.59 Å². The van der Waals surface area contributed by atoms with E-state index in [4.69, 9.17) is 5.26 Å². The minimum absolute atomic E-state index is 0.0246. The van der Waals surface area contributed by atoms with Crippen LogP contribution in [0.25, 0.3) is 0 Å². The lowest BCUT2D eigenvalue weighted by atomic mass is 9.78. The van der Waals surface area contributed by atoms with Crippen molar-refractivity contribution in [3.8, 4) is 6.07 Å². The first-order valence-corrected chi connectivity index (χ1v) is 13.6. The maximum Gasteiger partial charge on any atom is 0.255 e. The molecule has 5 rings (SSSR count). The Hall–Kier alpha value is -2.65. The van der Waals surface area contributed by atoms with E-state index in [2.05, 4.69) is 35.4 Å². The first-order chi connectivity index (χ1) is 17.0. The third-order valence-corrected chi connectivity index (χ3v) is 8.78. The van der Waals surface area contributed by atoms with Gasteiger partial charge in [0.15, 0.2) is 0 Å². The highest BCUT2D eigenvalue weighted by molar-refractivity contribution is 6.01. The van der Waals surface area contributed by atoms with Crippen LogP contribution in [0, 0.1) is 23.2 Å². The number of carbonyl (C=O) groups excluding carboxylic acids is 2.